The van der Waals surface area contributed by atoms with Crippen LogP contribution >= 0.6 is 0 Å². The summed E-state index contributed by atoms with van der Waals surface area (Å²) in [5.41, 5.74) is 0.459. The molecular weight excluding hydrogens is 200 g/mol. The van der Waals surface area contributed by atoms with Gasteiger partial charge in [0.05, 0.1) is 6.10 Å². The van der Waals surface area contributed by atoms with Crippen molar-refractivity contribution in [2.45, 2.75) is 39.2 Å². The Morgan fingerprint density at radius 1 is 1.50 bits per heavy atom. The summed E-state index contributed by atoms with van der Waals surface area (Å²) in [7, 11) is 0. The van der Waals surface area contributed by atoms with E-state index in [-0.39, 0.29) is 0 Å². The largest absolute Gasteiger partial charge is 0.378 e. The van der Waals surface area contributed by atoms with E-state index in [1.807, 2.05) is 0 Å². The van der Waals surface area contributed by atoms with Crippen molar-refractivity contribution in [1.82, 2.24) is 10.6 Å². The van der Waals surface area contributed by atoms with E-state index in [9.17, 15) is 0 Å². The fourth-order valence-electron chi connectivity index (χ4n) is 2.87. The molecule has 0 aromatic carbocycles. The minimum Gasteiger partial charge on any atom is -0.378 e. The first-order valence-corrected chi connectivity index (χ1v) is 6.73. The normalized spacial score (nSPS) is 40.1. The van der Waals surface area contributed by atoms with Crippen molar-refractivity contribution in [2.24, 2.45) is 11.3 Å². The van der Waals surface area contributed by atoms with E-state index in [2.05, 4.69) is 24.5 Å². The first-order valence-electron chi connectivity index (χ1n) is 6.73. The quantitative estimate of drug-likeness (QED) is 0.760. The maximum absolute atomic E-state index is 5.58. The molecule has 0 radical (unpaired) electrons. The third-order valence-electron chi connectivity index (χ3n) is 4.18. The summed E-state index contributed by atoms with van der Waals surface area (Å²) >= 11 is 0. The molecule has 0 saturated carbocycles. The average Bonchev–Trinajstić information content (AvgIpc) is 2.65. The molecule has 2 N–H and O–H groups in total. The maximum Gasteiger partial charge on any atom is 0.0588 e. The second-order valence-corrected chi connectivity index (χ2v) is 5.85. The molecule has 3 nitrogen and oxygen atoms in total. The standard InChI is InChI=1S/C13H26N2O/c1-11-12(4-7-16-11)8-15-10-13(2)5-3-6-14-9-13/h11-12,14-15H,3-10H2,1-2H3. The Bertz CT molecular complexity index is 214. The lowest BCUT2D eigenvalue weighted by Gasteiger charge is -2.34. The topological polar surface area (TPSA) is 33.3 Å². The van der Waals surface area contributed by atoms with Gasteiger partial charge in [0.15, 0.2) is 0 Å². The van der Waals surface area contributed by atoms with Gasteiger partial charge in [0.25, 0.3) is 0 Å². The van der Waals surface area contributed by atoms with Crippen LogP contribution in [0.1, 0.15) is 33.1 Å². The van der Waals surface area contributed by atoms with Gasteiger partial charge in [0, 0.05) is 26.2 Å². The van der Waals surface area contributed by atoms with Gasteiger partial charge in [-0.3, -0.25) is 0 Å². The molecule has 3 heteroatoms. The summed E-state index contributed by atoms with van der Waals surface area (Å²) in [5.74, 6) is 0.722. The molecular formula is C13H26N2O. The third-order valence-corrected chi connectivity index (χ3v) is 4.18. The highest BCUT2D eigenvalue weighted by molar-refractivity contribution is 4.84. The highest BCUT2D eigenvalue weighted by Gasteiger charge is 2.28. The zero-order valence-corrected chi connectivity index (χ0v) is 10.7. The van der Waals surface area contributed by atoms with Crippen molar-refractivity contribution in [2.75, 3.05) is 32.8 Å². The number of ether oxygens (including phenoxy) is 1. The summed E-state index contributed by atoms with van der Waals surface area (Å²) in [5, 5.41) is 7.15. The van der Waals surface area contributed by atoms with Gasteiger partial charge in [-0.1, -0.05) is 6.92 Å². The van der Waals surface area contributed by atoms with E-state index in [0.717, 1.165) is 32.2 Å². The Kier molecular flexibility index (Phi) is 4.22. The second kappa shape index (κ2) is 5.48. The molecule has 2 saturated heterocycles. The van der Waals surface area contributed by atoms with Crippen LogP contribution in [-0.4, -0.2) is 38.9 Å². The van der Waals surface area contributed by atoms with Gasteiger partial charge in [-0.15, -0.1) is 0 Å². The van der Waals surface area contributed by atoms with Crippen LogP contribution < -0.4 is 10.6 Å². The van der Waals surface area contributed by atoms with Gasteiger partial charge in [-0.2, -0.15) is 0 Å². The van der Waals surface area contributed by atoms with Crippen LogP contribution in [0.15, 0.2) is 0 Å². The minimum absolute atomic E-state index is 0.449. The van der Waals surface area contributed by atoms with Gasteiger partial charge in [0.1, 0.15) is 0 Å². The SMILES string of the molecule is CC1OCCC1CNCC1(C)CCCNC1. The summed E-state index contributed by atoms with van der Waals surface area (Å²) < 4.78 is 5.58. The van der Waals surface area contributed by atoms with Crippen molar-refractivity contribution in [3.8, 4) is 0 Å². The average molecular weight is 226 g/mol. The van der Waals surface area contributed by atoms with Gasteiger partial charge in [-0.05, 0) is 44.1 Å². The number of nitrogens with one attached hydrogen (secondary N) is 2. The van der Waals surface area contributed by atoms with Crippen LogP contribution in [0.5, 0.6) is 0 Å². The van der Waals surface area contributed by atoms with Crippen LogP contribution in [-0.2, 0) is 4.74 Å². The molecule has 2 fully saturated rings. The third kappa shape index (κ3) is 3.19. The van der Waals surface area contributed by atoms with Crippen molar-refractivity contribution < 1.29 is 4.74 Å². The molecule has 2 aliphatic rings. The fraction of sp³-hybridized carbons (Fsp3) is 1.00. The monoisotopic (exact) mass is 226 g/mol. The van der Waals surface area contributed by atoms with Gasteiger partial charge in [-0.25, -0.2) is 0 Å². The lowest BCUT2D eigenvalue weighted by Crippen LogP contribution is -2.45. The Morgan fingerprint density at radius 3 is 3.00 bits per heavy atom. The molecule has 0 amide bonds. The first kappa shape index (κ1) is 12.3. The van der Waals surface area contributed by atoms with Gasteiger partial charge in [0.2, 0.25) is 0 Å². The van der Waals surface area contributed by atoms with Gasteiger partial charge >= 0.3 is 0 Å². The molecule has 16 heavy (non-hydrogen) atoms. The minimum atomic E-state index is 0.449. The molecule has 0 aromatic rings. The Labute approximate surface area is 99.3 Å². The molecule has 0 spiro atoms. The Balaban J connectivity index is 1.66. The van der Waals surface area contributed by atoms with E-state index in [1.54, 1.807) is 0 Å². The predicted octanol–water partition coefficient (Wildman–Crippen LogP) is 1.39. The number of piperidine rings is 1. The van der Waals surface area contributed by atoms with Crippen LogP contribution in [0, 0.1) is 11.3 Å². The van der Waals surface area contributed by atoms with Crippen molar-refractivity contribution in [3.05, 3.63) is 0 Å². The van der Waals surface area contributed by atoms with E-state index in [4.69, 9.17) is 4.74 Å². The zero-order valence-electron chi connectivity index (χ0n) is 10.7. The predicted molar refractivity (Wildman–Crippen MR) is 66.6 cm³/mol. The van der Waals surface area contributed by atoms with Crippen LogP contribution in [0.3, 0.4) is 0 Å². The van der Waals surface area contributed by atoms with Crippen LogP contribution in [0.25, 0.3) is 0 Å². The molecule has 2 rings (SSSR count). The van der Waals surface area contributed by atoms with E-state index >= 15 is 0 Å². The molecule has 3 atom stereocenters. The number of rotatable bonds is 4. The smallest absolute Gasteiger partial charge is 0.0588 e. The molecule has 2 heterocycles. The zero-order chi connectivity index (χ0) is 11.4. The Hall–Kier alpha value is -0.120. The maximum atomic E-state index is 5.58. The summed E-state index contributed by atoms with van der Waals surface area (Å²) in [4.78, 5) is 0. The lowest BCUT2D eigenvalue weighted by molar-refractivity contribution is 0.104. The molecule has 0 bridgehead atoms. The summed E-state index contributed by atoms with van der Waals surface area (Å²) in [6, 6.07) is 0. The van der Waals surface area contributed by atoms with Crippen LogP contribution in [0.4, 0.5) is 0 Å². The highest BCUT2D eigenvalue weighted by atomic mass is 16.5. The first-order chi connectivity index (χ1) is 7.70. The van der Waals surface area contributed by atoms with E-state index in [0.29, 0.717) is 11.5 Å². The second-order valence-electron chi connectivity index (χ2n) is 5.85. The summed E-state index contributed by atoms with van der Waals surface area (Å²) in [6.07, 6.45) is 4.35. The number of hydrogen-bond donors (Lipinski definition) is 2. The Morgan fingerprint density at radius 2 is 2.38 bits per heavy atom. The lowest BCUT2D eigenvalue weighted by atomic mass is 9.82. The van der Waals surface area contributed by atoms with Crippen molar-refractivity contribution in [3.63, 3.8) is 0 Å². The fourth-order valence-corrected chi connectivity index (χ4v) is 2.87. The molecule has 2 aliphatic heterocycles. The van der Waals surface area contributed by atoms with Crippen molar-refractivity contribution >= 4 is 0 Å². The van der Waals surface area contributed by atoms with Crippen LogP contribution in [0.2, 0.25) is 0 Å². The van der Waals surface area contributed by atoms with Crippen molar-refractivity contribution in [1.29, 1.82) is 0 Å². The number of hydrogen-bond acceptors (Lipinski definition) is 3. The molecule has 94 valence electrons. The van der Waals surface area contributed by atoms with E-state index in [1.165, 1.54) is 25.8 Å². The van der Waals surface area contributed by atoms with E-state index < -0.39 is 0 Å². The highest BCUT2D eigenvalue weighted by Crippen LogP contribution is 2.25. The molecule has 3 unspecified atom stereocenters. The van der Waals surface area contributed by atoms with Gasteiger partial charge < -0.3 is 15.4 Å². The molecule has 0 aliphatic carbocycles. The summed E-state index contributed by atoms with van der Waals surface area (Å²) in [6.45, 7) is 10.2. The molecule has 0 aromatic heterocycles.